The highest BCUT2D eigenvalue weighted by atomic mass is 16.7. The van der Waals surface area contributed by atoms with Crippen molar-refractivity contribution in [3.8, 4) is 0 Å². The van der Waals surface area contributed by atoms with Gasteiger partial charge in [0.15, 0.2) is 12.6 Å². The molecule has 53 heavy (non-hydrogen) atoms. The zero-order valence-electron chi connectivity index (χ0n) is 34.5. The molecule has 3 saturated heterocycles. The highest BCUT2D eigenvalue weighted by molar-refractivity contribution is 5.73. The number of carbonyl (C=O) groups is 1. The number of ether oxygens (including phenoxy) is 6. The molecule has 3 fully saturated rings. The van der Waals surface area contributed by atoms with Crippen molar-refractivity contribution in [2.45, 2.75) is 185 Å². The van der Waals surface area contributed by atoms with Gasteiger partial charge in [-0.05, 0) is 88.4 Å². The van der Waals surface area contributed by atoms with Crippen molar-refractivity contribution in [1.82, 2.24) is 9.80 Å². The first kappa shape index (κ1) is 46.3. The quantitative estimate of drug-likeness (QED) is 0.200. The number of hydrogen-bond acceptors (Lipinski definition) is 15. The first-order valence-electron chi connectivity index (χ1n) is 19.3. The van der Waals surface area contributed by atoms with Gasteiger partial charge in [0.25, 0.3) is 0 Å². The van der Waals surface area contributed by atoms with Crippen molar-refractivity contribution in [3.63, 3.8) is 0 Å². The average Bonchev–Trinajstić information content (AvgIpc) is 3.06. The Hall–Kier alpha value is -1.05. The van der Waals surface area contributed by atoms with E-state index >= 15 is 0 Å². The summed E-state index contributed by atoms with van der Waals surface area (Å²) in [6.07, 6.45) is -11.1. The Morgan fingerprint density at radius 1 is 0.887 bits per heavy atom. The van der Waals surface area contributed by atoms with E-state index in [9.17, 15) is 35.4 Å². The fraction of sp³-hybridized carbons (Fsp3) is 0.974. The molecule has 15 heteroatoms. The van der Waals surface area contributed by atoms with Crippen LogP contribution in [0.5, 0.6) is 0 Å². The number of esters is 1. The van der Waals surface area contributed by atoms with Crippen LogP contribution in [0.1, 0.15) is 88.5 Å². The highest BCUT2D eigenvalue weighted by Crippen LogP contribution is 2.40. The van der Waals surface area contributed by atoms with E-state index in [1.807, 2.05) is 18.9 Å². The molecule has 15 nitrogen and oxygen atoms in total. The van der Waals surface area contributed by atoms with Crippen LogP contribution in [0.15, 0.2) is 0 Å². The predicted octanol–water partition coefficient (Wildman–Crippen LogP) is 0.872. The summed E-state index contributed by atoms with van der Waals surface area (Å²) < 4.78 is 37.3. The van der Waals surface area contributed by atoms with Gasteiger partial charge in [-0.1, -0.05) is 20.8 Å². The monoisotopic (exact) mass is 765 g/mol. The highest BCUT2D eigenvalue weighted by Gasteiger charge is 2.53. The summed E-state index contributed by atoms with van der Waals surface area (Å²) in [6, 6.07) is -1.31. The van der Waals surface area contributed by atoms with Crippen LogP contribution in [0.4, 0.5) is 0 Å². The Morgan fingerprint density at radius 3 is 2.04 bits per heavy atom. The van der Waals surface area contributed by atoms with Crippen molar-refractivity contribution in [3.05, 3.63) is 0 Å². The van der Waals surface area contributed by atoms with E-state index in [1.165, 1.54) is 14.0 Å². The van der Waals surface area contributed by atoms with Gasteiger partial charge in [-0.3, -0.25) is 4.79 Å². The fourth-order valence-corrected chi connectivity index (χ4v) is 8.82. The van der Waals surface area contributed by atoms with Crippen LogP contribution in [0.25, 0.3) is 0 Å². The molecule has 1 unspecified atom stereocenters. The Labute approximate surface area is 316 Å². The maximum absolute atomic E-state index is 14.2. The SMILES string of the molecule is CC[C@H]1OC(=O)[C@H](C)[C@@H](O[C@H]2C[C@@](C)(OC)[C@@H](O)[C@H](C)O2)[C@H](C)[C@@H](O[C@@H]2O[C@H](C)C(O)[C@H](N(C)C)[C@H]2O)[C@](C)(O)C[C@@H](C)CN(C)[C@H](C)[C@@H](O)[C@]1(C)O. The van der Waals surface area contributed by atoms with Crippen LogP contribution >= 0.6 is 0 Å². The number of aliphatic hydroxyl groups excluding tert-OH is 4. The summed E-state index contributed by atoms with van der Waals surface area (Å²) in [5.41, 5.74) is -4.50. The van der Waals surface area contributed by atoms with Crippen molar-refractivity contribution < 1.29 is 63.9 Å². The Morgan fingerprint density at radius 2 is 1.49 bits per heavy atom. The fourth-order valence-electron chi connectivity index (χ4n) is 8.82. The van der Waals surface area contributed by atoms with Crippen LogP contribution in [0.2, 0.25) is 0 Å². The molecule has 19 atom stereocenters. The number of cyclic esters (lactones) is 1. The molecule has 3 heterocycles. The molecule has 0 spiro atoms. The van der Waals surface area contributed by atoms with Crippen molar-refractivity contribution in [1.29, 1.82) is 0 Å². The third kappa shape index (κ3) is 10.1. The van der Waals surface area contributed by atoms with E-state index < -0.39 is 114 Å². The van der Waals surface area contributed by atoms with Gasteiger partial charge in [-0.15, -0.1) is 0 Å². The predicted molar refractivity (Wildman–Crippen MR) is 196 cm³/mol. The van der Waals surface area contributed by atoms with Gasteiger partial charge in [-0.25, -0.2) is 0 Å². The van der Waals surface area contributed by atoms with E-state index in [1.54, 1.807) is 74.4 Å². The van der Waals surface area contributed by atoms with E-state index in [-0.39, 0.29) is 25.2 Å². The average molecular weight is 765 g/mol. The van der Waals surface area contributed by atoms with Crippen molar-refractivity contribution in [2.24, 2.45) is 17.8 Å². The summed E-state index contributed by atoms with van der Waals surface area (Å²) in [5, 5.41) is 69.1. The van der Waals surface area contributed by atoms with Gasteiger partial charge in [0, 0.05) is 32.0 Å². The zero-order valence-corrected chi connectivity index (χ0v) is 34.5. The van der Waals surface area contributed by atoms with Gasteiger partial charge >= 0.3 is 5.97 Å². The summed E-state index contributed by atoms with van der Waals surface area (Å²) >= 11 is 0. The molecule has 0 radical (unpaired) electrons. The molecule has 0 amide bonds. The first-order valence-corrected chi connectivity index (χ1v) is 19.3. The van der Waals surface area contributed by atoms with E-state index in [2.05, 4.69) is 0 Å². The summed E-state index contributed by atoms with van der Waals surface area (Å²) in [7, 11) is 6.78. The zero-order chi connectivity index (χ0) is 40.5. The van der Waals surface area contributed by atoms with E-state index in [4.69, 9.17) is 28.4 Å². The molecule has 3 aliphatic heterocycles. The summed E-state index contributed by atoms with van der Waals surface area (Å²) in [6.45, 7) is 17.5. The number of carbonyl (C=O) groups excluding carboxylic acids is 1. The summed E-state index contributed by atoms with van der Waals surface area (Å²) in [4.78, 5) is 17.8. The van der Waals surface area contributed by atoms with Crippen molar-refractivity contribution in [2.75, 3.05) is 34.8 Å². The maximum Gasteiger partial charge on any atom is 0.311 e. The lowest BCUT2D eigenvalue weighted by atomic mass is 9.77. The molecule has 6 N–H and O–H groups in total. The maximum atomic E-state index is 14.2. The number of aliphatic hydroxyl groups is 6. The normalized spacial score (nSPS) is 50.3. The van der Waals surface area contributed by atoms with E-state index in [0.717, 1.165) is 0 Å². The van der Waals surface area contributed by atoms with Gasteiger partial charge in [-0.2, -0.15) is 0 Å². The molecule has 0 aliphatic carbocycles. The molecule has 312 valence electrons. The minimum Gasteiger partial charge on any atom is -0.459 e. The lowest BCUT2D eigenvalue weighted by Crippen LogP contribution is -2.64. The standard InChI is InChI=1S/C38H72N2O13/c1-15-25-38(10,47)31(43)22(5)40(13)18-19(2)16-36(8,46)33(53-35-29(42)27(39(11)12)28(41)23(6)50-35)20(3)30(21(4)34(45)51-25)52-26-17-37(9,48-14)32(44)24(7)49-26/h19-33,35,41-44,46-47H,15-18H2,1-14H3/t19-,20+,21-,22-,23-,24+,25-,26+,27+,28?,29-,30+,31-,32+,33-,35+,36-,37-,38-/m1/s1. The molecule has 0 saturated carbocycles. The molecular weight excluding hydrogens is 692 g/mol. The van der Waals surface area contributed by atoms with Crippen LogP contribution in [-0.4, -0.2) is 178 Å². The smallest absolute Gasteiger partial charge is 0.311 e. The Balaban J connectivity index is 2.19. The molecule has 0 aromatic carbocycles. The van der Waals surface area contributed by atoms with Crippen molar-refractivity contribution >= 4 is 5.97 Å². The number of hydrogen-bond donors (Lipinski definition) is 6. The van der Waals surface area contributed by atoms with Crippen LogP contribution in [0.3, 0.4) is 0 Å². The lowest BCUT2D eigenvalue weighted by Gasteiger charge is -2.49. The van der Waals surface area contributed by atoms with Gasteiger partial charge in [0.05, 0.1) is 53.7 Å². The van der Waals surface area contributed by atoms with Gasteiger partial charge in [0.1, 0.15) is 30.0 Å². The summed E-state index contributed by atoms with van der Waals surface area (Å²) in [5.74, 6) is -2.78. The third-order valence-electron chi connectivity index (χ3n) is 12.3. The lowest BCUT2D eigenvalue weighted by molar-refractivity contribution is -0.327. The van der Waals surface area contributed by atoms with Gasteiger partial charge < -0.3 is 68.9 Å². The second-order valence-corrected chi connectivity index (χ2v) is 17.2. The minimum atomic E-state index is -1.82. The second kappa shape index (κ2) is 18.0. The Bertz CT molecular complexity index is 1180. The van der Waals surface area contributed by atoms with Crippen LogP contribution < -0.4 is 0 Å². The number of likely N-dealkylation sites (N-methyl/N-ethyl adjacent to an activating group) is 2. The third-order valence-corrected chi connectivity index (χ3v) is 12.3. The number of methoxy groups -OCH3 is 1. The van der Waals surface area contributed by atoms with Gasteiger partial charge in [0.2, 0.25) is 0 Å². The minimum absolute atomic E-state index is 0.103. The molecule has 3 rings (SSSR count). The molecule has 0 aromatic heterocycles. The first-order chi connectivity index (χ1) is 24.3. The van der Waals surface area contributed by atoms with Crippen LogP contribution in [-0.2, 0) is 33.2 Å². The molecule has 3 aliphatic rings. The largest absolute Gasteiger partial charge is 0.459 e. The number of rotatable bonds is 7. The number of nitrogens with zero attached hydrogens (tertiary/aromatic N) is 2. The second-order valence-electron chi connectivity index (χ2n) is 17.2. The molecule has 0 aromatic rings. The Kier molecular flexibility index (Phi) is 15.8. The topological polar surface area (TPSA) is 200 Å². The molecular formula is C38H72N2O13. The van der Waals surface area contributed by atoms with Crippen LogP contribution in [0, 0.1) is 17.8 Å². The van der Waals surface area contributed by atoms with E-state index in [0.29, 0.717) is 6.54 Å². The molecule has 0 bridgehead atoms.